The number of ether oxygens (including phenoxy) is 1. The summed E-state index contributed by atoms with van der Waals surface area (Å²) in [5, 5.41) is 2.79. The van der Waals surface area contributed by atoms with Crippen molar-refractivity contribution in [1.82, 2.24) is 4.72 Å². The van der Waals surface area contributed by atoms with Crippen LogP contribution in [0.25, 0.3) is 0 Å². The zero-order chi connectivity index (χ0) is 19.3. The first-order chi connectivity index (χ1) is 12.2. The van der Waals surface area contributed by atoms with Crippen LogP contribution in [0.5, 0.6) is 5.75 Å². The lowest BCUT2D eigenvalue weighted by Crippen LogP contribution is -2.41. The molecule has 0 aromatic heterocycles. The fourth-order valence-electron chi connectivity index (χ4n) is 2.48. The van der Waals surface area contributed by atoms with Crippen molar-refractivity contribution in [3.63, 3.8) is 0 Å². The van der Waals surface area contributed by atoms with Gasteiger partial charge in [-0.2, -0.15) is 4.72 Å². The molecule has 140 valence electrons. The molecule has 2 aromatic rings. The van der Waals surface area contributed by atoms with Crippen LogP contribution in [0.15, 0.2) is 47.4 Å². The van der Waals surface area contributed by atoms with E-state index < -0.39 is 22.0 Å². The van der Waals surface area contributed by atoms with Gasteiger partial charge in [0.15, 0.2) is 0 Å². The van der Waals surface area contributed by atoms with Crippen molar-refractivity contribution < 1.29 is 17.9 Å². The predicted octanol–water partition coefficient (Wildman–Crippen LogP) is 3.01. The van der Waals surface area contributed by atoms with E-state index in [1.54, 1.807) is 12.1 Å². The van der Waals surface area contributed by atoms with E-state index in [1.807, 2.05) is 39.0 Å². The Hall–Kier alpha value is -2.38. The quantitative estimate of drug-likeness (QED) is 0.778. The molecule has 0 fully saturated rings. The molecular weight excluding hydrogens is 352 g/mol. The van der Waals surface area contributed by atoms with Gasteiger partial charge in [0.2, 0.25) is 15.9 Å². The second-order valence-corrected chi connectivity index (χ2v) is 7.72. The Morgan fingerprint density at radius 3 is 2.19 bits per heavy atom. The monoisotopic (exact) mass is 376 g/mol. The van der Waals surface area contributed by atoms with Crippen molar-refractivity contribution in [2.45, 2.75) is 38.6 Å². The van der Waals surface area contributed by atoms with Crippen LogP contribution in [0, 0.1) is 13.8 Å². The van der Waals surface area contributed by atoms with Gasteiger partial charge in [-0.15, -0.1) is 0 Å². The molecular formula is C19H24N2O4S. The van der Waals surface area contributed by atoms with Crippen LogP contribution >= 0.6 is 0 Å². The standard InChI is InChI=1S/C19H24N2O4S/c1-5-25-16-9-11-17(12-10-16)26(23,24)21-15(4)19(22)20-18-13(2)7-6-8-14(18)3/h6-12,15,21H,5H2,1-4H3,(H,20,22)/t15-/m1/s1. The normalized spacial score (nSPS) is 12.5. The first-order valence-electron chi connectivity index (χ1n) is 8.37. The maximum Gasteiger partial charge on any atom is 0.242 e. The van der Waals surface area contributed by atoms with Crippen LogP contribution in [-0.4, -0.2) is 27.0 Å². The van der Waals surface area contributed by atoms with Gasteiger partial charge < -0.3 is 10.1 Å². The molecule has 0 saturated heterocycles. The number of sulfonamides is 1. The number of hydrogen-bond donors (Lipinski definition) is 2. The lowest BCUT2D eigenvalue weighted by Gasteiger charge is -2.17. The third-order valence-electron chi connectivity index (χ3n) is 3.90. The summed E-state index contributed by atoms with van der Waals surface area (Å²) >= 11 is 0. The molecule has 0 aliphatic heterocycles. The first-order valence-corrected chi connectivity index (χ1v) is 9.85. The maximum atomic E-state index is 12.5. The lowest BCUT2D eigenvalue weighted by molar-refractivity contribution is -0.117. The highest BCUT2D eigenvalue weighted by molar-refractivity contribution is 7.89. The van der Waals surface area contributed by atoms with Gasteiger partial charge in [0.25, 0.3) is 0 Å². The van der Waals surface area contributed by atoms with Gasteiger partial charge >= 0.3 is 0 Å². The van der Waals surface area contributed by atoms with Gasteiger partial charge in [-0.25, -0.2) is 8.42 Å². The van der Waals surface area contributed by atoms with E-state index in [0.717, 1.165) is 11.1 Å². The van der Waals surface area contributed by atoms with Crippen molar-refractivity contribution in [3.8, 4) is 5.75 Å². The molecule has 2 aromatic carbocycles. The molecule has 0 unspecified atom stereocenters. The van der Waals surface area contributed by atoms with E-state index in [0.29, 0.717) is 18.0 Å². The van der Waals surface area contributed by atoms with E-state index in [-0.39, 0.29) is 4.90 Å². The zero-order valence-electron chi connectivity index (χ0n) is 15.4. The number of carbonyl (C=O) groups is 1. The fourth-order valence-corrected chi connectivity index (χ4v) is 3.68. The molecule has 0 heterocycles. The number of anilines is 1. The Morgan fingerprint density at radius 1 is 1.08 bits per heavy atom. The Bertz CT molecular complexity index is 857. The molecule has 7 heteroatoms. The molecule has 0 bridgehead atoms. The molecule has 0 aliphatic carbocycles. The lowest BCUT2D eigenvalue weighted by atomic mass is 10.1. The summed E-state index contributed by atoms with van der Waals surface area (Å²) in [4.78, 5) is 12.5. The molecule has 6 nitrogen and oxygen atoms in total. The Labute approximate surface area is 154 Å². The minimum Gasteiger partial charge on any atom is -0.494 e. The highest BCUT2D eigenvalue weighted by Gasteiger charge is 2.22. The summed E-state index contributed by atoms with van der Waals surface area (Å²) in [6.45, 7) is 7.63. The van der Waals surface area contributed by atoms with Gasteiger partial charge in [-0.3, -0.25) is 4.79 Å². The molecule has 0 saturated carbocycles. The van der Waals surface area contributed by atoms with E-state index in [4.69, 9.17) is 4.74 Å². The smallest absolute Gasteiger partial charge is 0.242 e. The van der Waals surface area contributed by atoms with E-state index in [1.165, 1.54) is 19.1 Å². The van der Waals surface area contributed by atoms with Gasteiger partial charge in [-0.05, 0) is 63.1 Å². The second kappa shape index (κ2) is 8.33. The fraction of sp³-hybridized carbons (Fsp3) is 0.316. The molecule has 0 aliphatic rings. The van der Waals surface area contributed by atoms with E-state index in [2.05, 4.69) is 10.0 Å². The number of carbonyl (C=O) groups excluding carboxylic acids is 1. The molecule has 2 rings (SSSR count). The number of hydrogen-bond acceptors (Lipinski definition) is 4. The average molecular weight is 376 g/mol. The third kappa shape index (κ3) is 4.83. The minimum atomic E-state index is -3.82. The summed E-state index contributed by atoms with van der Waals surface area (Å²) in [6.07, 6.45) is 0. The Balaban J connectivity index is 2.09. The molecule has 0 spiro atoms. The molecule has 1 amide bonds. The maximum absolute atomic E-state index is 12.5. The predicted molar refractivity (Wildman–Crippen MR) is 102 cm³/mol. The van der Waals surface area contributed by atoms with Crippen LogP contribution in [0.3, 0.4) is 0 Å². The molecule has 2 N–H and O–H groups in total. The van der Waals surface area contributed by atoms with Crippen LogP contribution in [0.1, 0.15) is 25.0 Å². The summed E-state index contributed by atoms with van der Waals surface area (Å²) in [7, 11) is -3.82. The highest BCUT2D eigenvalue weighted by Crippen LogP contribution is 2.20. The third-order valence-corrected chi connectivity index (χ3v) is 5.46. The second-order valence-electron chi connectivity index (χ2n) is 6.00. The summed E-state index contributed by atoms with van der Waals surface area (Å²) in [6, 6.07) is 10.8. The SMILES string of the molecule is CCOc1ccc(S(=O)(=O)N[C@H](C)C(=O)Nc2c(C)cccc2C)cc1. The summed E-state index contributed by atoms with van der Waals surface area (Å²) < 4.78 is 32.6. The largest absolute Gasteiger partial charge is 0.494 e. The number of nitrogens with one attached hydrogen (secondary N) is 2. The van der Waals surface area contributed by atoms with Crippen molar-refractivity contribution in [1.29, 1.82) is 0 Å². The van der Waals surface area contributed by atoms with Gasteiger partial charge in [-0.1, -0.05) is 18.2 Å². The van der Waals surface area contributed by atoms with Crippen LogP contribution in [0.4, 0.5) is 5.69 Å². The van der Waals surface area contributed by atoms with Crippen molar-refractivity contribution in [2.75, 3.05) is 11.9 Å². The topological polar surface area (TPSA) is 84.5 Å². The summed E-state index contributed by atoms with van der Waals surface area (Å²) in [5.41, 5.74) is 2.53. The molecule has 26 heavy (non-hydrogen) atoms. The van der Waals surface area contributed by atoms with Gasteiger partial charge in [0, 0.05) is 5.69 Å². The van der Waals surface area contributed by atoms with Gasteiger partial charge in [0.1, 0.15) is 5.75 Å². The zero-order valence-corrected chi connectivity index (χ0v) is 16.2. The molecule has 0 radical (unpaired) electrons. The molecule has 1 atom stereocenters. The minimum absolute atomic E-state index is 0.0766. The van der Waals surface area contributed by atoms with Crippen molar-refractivity contribution in [2.24, 2.45) is 0 Å². The van der Waals surface area contributed by atoms with E-state index >= 15 is 0 Å². The van der Waals surface area contributed by atoms with Crippen LogP contribution in [0.2, 0.25) is 0 Å². The van der Waals surface area contributed by atoms with Crippen LogP contribution < -0.4 is 14.8 Å². The van der Waals surface area contributed by atoms with Crippen molar-refractivity contribution >= 4 is 21.6 Å². The Morgan fingerprint density at radius 2 is 1.65 bits per heavy atom. The average Bonchev–Trinajstić information content (AvgIpc) is 2.58. The number of benzene rings is 2. The Kier molecular flexibility index (Phi) is 6.39. The van der Waals surface area contributed by atoms with E-state index in [9.17, 15) is 13.2 Å². The highest BCUT2D eigenvalue weighted by atomic mass is 32.2. The van der Waals surface area contributed by atoms with Crippen LogP contribution in [-0.2, 0) is 14.8 Å². The number of amides is 1. The number of aryl methyl sites for hydroxylation is 2. The number of para-hydroxylation sites is 1. The van der Waals surface area contributed by atoms with Crippen molar-refractivity contribution in [3.05, 3.63) is 53.6 Å². The van der Waals surface area contributed by atoms with Gasteiger partial charge in [0.05, 0.1) is 17.5 Å². The summed E-state index contributed by atoms with van der Waals surface area (Å²) in [5.74, 6) is 0.171. The first kappa shape index (κ1) is 19.9. The number of rotatable bonds is 7.